The molecule has 6 nitrogen and oxygen atoms in total. The highest BCUT2D eigenvalue weighted by atomic mass is 32.2. The normalized spacial score (nSPS) is 21.8. The molecule has 0 spiro atoms. The van der Waals surface area contributed by atoms with Crippen LogP contribution in [0.25, 0.3) is 0 Å². The van der Waals surface area contributed by atoms with Crippen LogP contribution in [0.1, 0.15) is 19.8 Å². The van der Waals surface area contributed by atoms with Crippen molar-refractivity contribution in [2.75, 3.05) is 24.3 Å². The molecule has 0 aromatic heterocycles. The van der Waals surface area contributed by atoms with Crippen molar-refractivity contribution in [3.8, 4) is 0 Å². The Bertz CT molecular complexity index is 426. The molecule has 2 unspecified atom stereocenters. The molecule has 0 saturated carbocycles. The van der Waals surface area contributed by atoms with Gasteiger partial charge in [0.2, 0.25) is 5.91 Å². The topological polar surface area (TPSA) is 91.8 Å². The molecule has 20 heavy (non-hydrogen) atoms. The Labute approximate surface area is 124 Å². The molecule has 1 fully saturated rings. The van der Waals surface area contributed by atoms with E-state index in [1.807, 2.05) is 0 Å². The lowest BCUT2D eigenvalue weighted by atomic mass is 10.1. The van der Waals surface area contributed by atoms with Crippen molar-refractivity contribution in [2.24, 2.45) is 5.92 Å². The minimum absolute atomic E-state index is 0.00498. The van der Waals surface area contributed by atoms with Gasteiger partial charge in [0.1, 0.15) is 6.04 Å². The summed E-state index contributed by atoms with van der Waals surface area (Å²) in [6.45, 7) is 1.82. The second-order valence-electron chi connectivity index (χ2n) is 4.84. The number of carbonyl (C=O) groups is 3. The lowest BCUT2D eigenvalue weighted by Crippen LogP contribution is -2.43. The third-order valence-corrected chi connectivity index (χ3v) is 4.96. The molecule has 1 rings (SSSR count). The zero-order valence-electron chi connectivity index (χ0n) is 11.5. The number of carboxylic acids is 1. The summed E-state index contributed by atoms with van der Waals surface area (Å²) in [5.74, 6) is -0.473. The molecule has 0 bridgehead atoms. The highest BCUT2D eigenvalue weighted by Gasteiger charge is 2.37. The first kappa shape index (κ1) is 17.2. The minimum Gasteiger partial charge on any atom is -0.480 e. The van der Waals surface area contributed by atoms with Crippen molar-refractivity contribution >= 4 is 39.6 Å². The zero-order valence-corrected chi connectivity index (χ0v) is 13.2. The van der Waals surface area contributed by atoms with E-state index in [1.165, 1.54) is 18.1 Å². The monoisotopic (exact) mass is 321 g/mol. The molecule has 1 aliphatic rings. The summed E-state index contributed by atoms with van der Waals surface area (Å²) >= 11 is 1.16. The Hall–Kier alpha value is -0.890. The lowest BCUT2D eigenvalue weighted by Gasteiger charge is -2.24. The fourth-order valence-electron chi connectivity index (χ4n) is 2.15. The molecule has 1 aliphatic heterocycles. The van der Waals surface area contributed by atoms with Gasteiger partial charge in [-0.2, -0.15) is 0 Å². The minimum atomic E-state index is -1.08. The van der Waals surface area contributed by atoms with Gasteiger partial charge in [0.15, 0.2) is 5.12 Å². The summed E-state index contributed by atoms with van der Waals surface area (Å²) in [5, 5.41) is 9.21. The van der Waals surface area contributed by atoms with Gasteiger partial charge in [0.25, 0.3) is 0 Å². The molecule has 1 heterocycles. The highest BCUT2D eigenvalue weighted by Crippen LogP contribution is 2.25. The molecule has 8 heteroatoms. The first-order valence-electron chi connectivity index (χ1n) is 6.27. The van der Waals surface area contributed by atoms with Gasteiger partial charge in [0.05, 0.1) is 0 Å². The summed E-state index contributed by atoms with van der Waals surface area (Å²) in [7, 11) is -1.08. The van der Waals surface area contributed by atoms with Gasteiger partial charge in [-0.05, 0) is 12.3 Å². The van der Waals surface area contributed by atoms with Gasteiger partial charge in [-0.3, -0.25) is 13.8 Å². The maximum absolute atomic E-state index is 11.9. The summed E-state index contributed by atoms with van der Waals surface area (Å²) < 4.78 is 11.1. The largest absolute Gasteiger partial charge is 0.480 e. The van der Waals surface area contributed by atoms with Crippen molar-refractivity contribution in [1.82, 2.24) is 4.90 Å². The van der Waals surface area contributed by atoms with Crippen LogP contribution in [0.15, 0.2) is 0 Å². The molecule has 0 aromatic rings. The standard InChI is InChI=1S/C12H19NO5S2/c1-8(14)19-7-9-5-11(15)13(6-9)10(12(16)17)3-4-20(2)18/h9-10H,3-7H2,1-2H3,(H,16,17)/t9?,10-,20?/m0/s1. The predicted molar refractivity (Wildman–Crippen MR) is 77.9 cm³/mol. The SMILES string of the molecule is CC(=O)SCC1CC(=O)N([C@@H](CCS(C)=O)C(=O)O)C1. The Morgan fingerprint density at radius 2 is 2.20 bits per heavy atom. The van der Waals surface area contributed by atoms with E-state index in [9.17, 15) is 23.7 Å². The van der Waals surface area contributed by atoms with Crippen LogP contribution in [0.4, 0.5) is 0 Å². The number of thioether (sulfide) groups is 1. The number of hydrogen-bond donors (Lipinski definition) is 1. The molecule has 1 saturated heterocycles. The van der Waals surface area contributed by atoms with Crippen LogP contribution in [0.3, 0.4) is 0 Å². The van der Waals surface area contributed by atoms with Crippen molar-refractivity contribution in [3.63, 3.8) is 0 Å². The fourth-order valence-corrected chi connectivity index (χ4v) is 3.40. The van der Waals surface area contributed by atoms with E-state index in [4.69, 9.17) is 0 Å². The summed E-state index contributed by atoms with van der Waals surface area (Å²) in [4.78, 5) is 35.4. The van der Waals surface area contributed by atoms with Gasteiger partial charge in [-0.1, -0.05) is 11.8 Å². The Morgan fingerprint density at radius 1 is 1.55 bits per heavy atom. The van der Waals surface area contributed by atoms with Crippen molar-refractivity contribution < 1.29 is 23.7 Å². The van der Waals surface area contributed by atoms with Crippen molar-refractivity contribution in [1.29, 1.82) is 0 Å². The number of carbonyl (C=O) groups excluding carboxylic acids is 2. The maximum Gasteiger partial charge on any atom is 0.326 e. The third-order valence-electron chi connectivity index (χ3n) is 3.10. The number of hydrogen-bond acceptors (Lipinski definition) is 5. The number of aliphatic carboxylic acids is 1. The Balaban J connectivity index is 2.62. The Kier molecular flexibility index (Phi) is 6.67. The predicted octanol–water partition coefficient (Wildman–Crippen LogP) is 0.336. The summed E-state index contributed by atoms with van der Waals surface area (Å²) in [6.07, 6.45) is 1.98. The van der Waals surface area contributed by atoms with Crippen LogP contribution >= 0.6 is 11.8 Å². The van der Waals surface area contributed by atoms with E-state index in [0.29, 0.717) is 12.3 Å². The number of nitrogens with zero attached hydrogens (tertiary/aromatic N) is 1. The van der Waals surface area contributed by atoms with Crippen LogP contribution in [-0.4, -0.2) is 61.6 Å². The molecule has 3 atom stereocenters. The number of rotatable bonds is 7. The lowest BCUT2D eigenvalue weighted by molar-refractivity contribution is -0.148. The van der Waals surface area contributed by atoms with Crippen molar-refractivity contribution in [2.45, 2.75) is 25.8 Å². The average Bonchev–Trinajstić information content (AvgIpc) is 2.68. The van der Waals surface area contributed by atoms with E-state index in [1.54, 1.807) is 0 Å². The van der Waals surface area contributed by atoms with E-state index in [0.717, 1.165) is 11.8 Å². The summed E-state index contributed by atoms with van der Waals surface area (Å²) in [5.41, 5.74) is 0. The van der Waals surface area contributed by atoms with Crippen LogP contribution in [0.5, 0.6) is 0 Å². The molecule has 0 aliphatic carbocycles. The second kappa shape index (κ2) is 7.78. The van der Waals surface area contributed by atoms with Gasteiger partial charge < -0.3 is 10.0 Å². The van der Waals surface area contributed by atoms with Gasteiger partial charge in [0, 0.05) is 48.5 Å². The van der Waals surface area contributed by atoms with E-state index >= 15 is 0 Å². The number of likely N-dealkylation sites (tertiary alicyclic amines) is 1. The van der Waals surface area contributed by atoms with Crippen LogP contribution in [-0.2, 0) is 25.2 Å². The third kappa shape index (κ3) is 5.24. The average molecular weight is 321 g/mol. The van der Waals surface area contributed by atoms with E-state index in [-0.39, 0.29) is 35.5 Å². The first-order valence-corrected chi connectivity index (χ1v) is 8.98. The molecule has 0 aromatic carbocycles. The zero-order chi connectivity index (χ0) is 15.3. The molecule has 0 radical (unpaired) electrons. The first-order chi connectivity index (χ1) is 9.31. The summed E-state index contributed by atoms with van der Waals surface area (Å²) in [6, 6.07) is -0.918. The molecule has 1 N–H and O–H groups in total. The Morgan fingerprint density at radius 3 is 2.70 bits per heavy atom. The molecule has 1 amide bonds. The van der Waals surface area contributed by atoms with Crippen LogP contribution in [0.2, 0.25) is 0 Å². The van der Waals surface area contributed by atoms with Crippen LogP contribution < -0.4 is 0 Å². The van der Waals surface area contributed by atoms with Gasteiger partial charge >= 0.3 is 5.97 Å². The van der Waals surface area contributed by atoms with E-state index in [2.05, 4.69) is 0 Å². The van der Waals surface area contributed by atoms with Crippen molar-refractivity contribution in [3.05, 3.63) is 0 Å². The fraction of sp³-hybridized carbons (Fsp3) is 0.750. The van der Waals surface area contributed by atoms with Crippen LogP contribution in [0, 0.1) is 5.92 Å². The molecular weight excluding hydrogens is 302 g/mol. The maximum atomic E-state index is 11.9. The highest BCUT2D eigenvalue weighted by molar-refractivity contribution is 8.13. The quantitative estimate of drug-likeness (QED) is 0.727. The van der Waals surface area contributed by atoms with Gasteiger partial charge in [-0.25, -0.2) is 4.79 Å². The van der Waals surface area contributed by atoms with Gasteiger partial charge in [-0.15, -0.1) is 0 Å². The molecule has 114 valence electrons. The number of carboxylic acid groups (broad SMARTS) is 1. The molecular formula is C12H19NO5S2. The smallest absolute Gasteiger partial charge is 0.326 e. The van der Waals surface area contributed by atoms with E-state index < -0.39 is 22.8 Å². The number of amides is 1. The second-order valence-corrected chi connectivity index (χ2v) is 7.59.